The standard InChI is InChI=1S/C32H36FN3O5S/c1-4-40-29(39)41-32(28(38)42-14-13-34)12-11-24-23-10-5-20-15-25-19(18-35-36(25)22-8-6-21(33)7-9-22)16-30(20,2)27(23)26(37)17-31(24,32)3/h6-9,15,18,23-24,26-27,37H,4-5,10-12,14,16-17H2,1-3H3/t23-,24-,26-,27+,30-,31-,32-/m0/s1. The lowest BCUT2D eigenvalue weighted by molar-refractivity contribution is -0.178. The van der Waals surface area contributed by atoms with Crippen molar-refractivity contribution in [3.63, 3.8) is 0 Å². The first-order valence-corrected chi connectivity index (χ1v) is 15.7. The highest BCUT2D eigenvalue weighted by Crippen LogP contribution is 2.68. The van der Waals surface area contributed by atoms with E-state index in [-0.39, 0.29) is 46.5 Å². The van der Waals surface area contributed by atoms with Crippen LogP contribution in [0.3, 0.4) is 0 Å². The highest BCUT2D eigenvalue weighted by molar-refractivity contribution is 8.14. The zero-order valence-corrected chi connectivity index (χ0v) is 25.0. The molecule has 0 unspecified atom stereocenters. The topological polar surface area (TPSA) is 114 Å². The van der Waals surface area contributed by atoms with Gasteiger partial charge in [-0.3, -0.25) is 4.79 Å². The number of aromatic nitrogens is 2. The zero-order valence-electron chi connectivity index (χ0n) is 24.1. The molecule has 1 aromatic heterocycles. The Kier molecular flexibility index (Phi) is 7.25. The molecule has 0 aliphatic heterocycles. The van der Waals surface area contributed by atoms with Gasteiger partial charge >= 0.3 is 6.16 Å². The van der Waals surface area contributed by atoms with Crippen LogP contribution in [0.15, 0.2) is 36.0 Å². The summed E-state index contributed by atoms with van der Waals surface area (Å²) < 4.78 is 26.5. The van der Waals surface area contributed by atoms with Crippen LogP contribution >= 0.6 is 11.8 Å². The van der Waals surface area contributed by atoms with Crippen LogP contribution in [-0.2, 0) is 20.7 Å². The lowest BCUT2D eigenvalue weighted by atomic mass is 9.45. The number of benzene rings is 1. The molecule has 1 aromatic carbocycles. The molecule has 0 spiro atoms. The molecule has 4 aliphatic rings. The number of nitrogens with zero attached hydrogens (tertiary/aromatic N) is 3. The number of thioether (sulfide) groups is 1. The van der Waals surface area contributed by atoms with E-state index in [0.29, 0.717) is 19.3 Å². The van der Waals surface area contributed by atoms with E-state index in [9.17, 15) is 19.1 Å². The van der Waals surface area contributed by atoms with Crippen LogP contribution in [-0.4, -0.2) is 50.2 Å². The van der Waals surface area contributed by atoms with Crippen molar-refractivity contribution in [2.24, 2.45) is 28.6 Å². The molecule has 4 aliphatic carbocycles. The summed E-state index contributed by atoms with van der Waals surface area (Å²) in [5, 5.41) is 25.4. The van der Waals surface area contributed by atoms with Gasteiger partial charge in [-0.1, -0.05) is 31.2 Å². The molecule has 1 heterocycles. The minimum absolute atomic E-state index is 0.0394. The first-order valence-electron chi connectivity index (χ1n) is 14.7. The molecular weight excluding hydrogens is 557 g/mol. The minimum atomic E-state index is -1.47. The molecule has 6 rings (SSSR count). The number of hydrogen-bond donors (Lipinski definition) is 1. The predicted molar refractivity (Wildman–Crippen MR) is 155 cm³/mol. The third-order valence-electron chi connectivity index (χ3n) is 10.7. The number of nitriles is 1. The van der Waals surface area contributed by atoms with Gasteiger partial charge in [0.15, 0.2) is 5.60 Å². The van der Waals surface area contributed by atoms with Crippen LogP contribution in [0.25, 0.3) is 11.8 Å². The summed E-state index contributed by atoms with van der Waals surface area (Å²) in [4.78, 5) is 26.4. The smallest absolute Gasteiger partial charge is 0.435 e. The molecule has 1 N–H and O–H groups in total. The Labute approximate surface area is 249 Å². The third-order valence-corrected chi connectivity index (χ3v) is 11.6. The maximum Gasteiger partial charge on any atom is 0.509 e. The van der Waals surface area contributed by atoms with Gasteiger partial charge in [0, 0.05) is 5.41 Å². The van der Waals surface area contributed by atoms with Gasteiger partial charge < -0.3 is 14.6 Å². The summed E-state index contributed by atoms with van der Waals surface area (Å²) in [7, 11) is 0. The van der Waals surface area contributed by atoms with Crippen LogP contribution in [0.4, 0.5) is 9.18 Å². The van der Waals surface area contributed by atoms with Crippen molar-refractivity contribution >= 4 is 29.1 Å². The number of halogens is 1. The highest BCUT2D eigenvalue weighted by atomic mass is 32.2. The molecule has 3 fully saturated rings. The van der Waals surface area contributed by atoms with Gasteiger partial charge in [0.05, 0.1) is 42.1 Å². The Bertz CT molecular complexity index is 1480. The number of aliphatic hydroxyl groups is 1. The van der Waals surface area contributed by atoms with Gasteiger partial charge in [-0.05, 0) is 105 Å². The molecule has 10 heteroatoms. The van der Waals surface area contributed by atoms with Crippen LogP contribution in [0.1, 0.15) is 64.1 Å². The number of rotatable bonds is 5. The first kappa shape index (κ1) is 28.9. The molecule has 2 aromatic rings. The van der Waals surface area contributed by atoms with E-state index < -0.39 is 23.3 Å². The average Bonchev–Trinajstić information content (AvgIpc) is 3.48. The second kappa shape index (κ2) is 10.5. The van der Waals surface area contributed by atoms with E-state index in [1.807, 2.05) is 23.9 Å². The summed E-state index contributed by atoms with van der Waals surface area (Å²) in [6.45, 7) is 6.02. The summed E-state index contributed by atoms with van der Waals surface area (Å²) in [5.74, 6) is -0.207. The van der Waals surface area contributed by atoms with Gasteiger partial charge in [-0.25, -0.2) is 13.9 Å². The molecule has 7 atom stereocenters. The summed E-state index contributed by atoms with van der Waals surface area (Å²) in [6, 6.07) is 8.31. The van der Waals surface area contributed by atoms with Crippen molar-refractivity contribution in [3.05, 3.63) is 53.1 Å². The van der Waals surface area contributed by atoms with Gasteiger partial charge in [0.1, 0.15) is 5.82 Å². The Hall–Kier alpha value is -3.16. The monoisotopic (exact) mass is 593 g/mol. The number of fused-ring (bicyclic) bond motifs is 6. The van der Waals surface area contributed by atoms with Crippen LogP contribution in [0.2, 0.25) is 0 Å². The summed E-state index contributed by atoms with van der Waals surface area (Å²) >= 11 is 0.875. The average molecular weight is 594 g/mol. The number of carbonyl (C=O) groups is 2. The first-order chi connectivity index (χ1) is 20.1. The molecule has 0 radical (unpaired) electrons. The van der Waals surface area contributed by atoms with Gasteiger partial charge in [0.2, 0.25) is 5.12 Å². The molecule has 0 saturated heterocycles. The number of ether oxygens (including phenoxy) is 2. The van der Waals surface area contributed by atoms with Crippen molar-refractivity contribution < 1.29 is 28.6 Å². The Morgan fingerprint density at radius 3 is 2.74 bits per heavy atom. The molecule has 222 valence electrons. The Morgan fingerprint density at radius 2 is 2.02 bits per heavy atom. The van der Waals surface area contributed by atoms with E-state index >= 15 is 0 Å². The summed E-state index contributed by atoms with van der Waals surface area (Å²) in [5.41, 5.74) is 1.57. The van der Waals surface area contributed by atoms with Crippen LogP contribution in [0, 0.1) is 45.7 Å². The van der Waals surface area contributed by atoms with Crippen molar-refractivity contribution in [1.29, 1.82) is 5.26 Å². The molecule has 0 bridgehead atoms. The maximum absolute atomic E-state index is 13.7. The second-order valence-electron chi connectivity index (χ2n) is 12.6. The van der Waals surface area contributed by atoms with E-state index in [0.717, 1.165) is 48.0 Å². The number of aliphatic hydroxyl groups excluding tert-OH is 1. The molecular formula is C32H36FN3O5S. The van der Waals surface area contributed by atoms with Gasteiger partial charge in [-0.2, -0.15) is 10.4 Å². The summed E-state index contributed by atoms with van der Waals surface area (Å²) in [6.07, 6.45) is 6.21. The van der Waals surface area contributed by atoms with E-state index in [4.69, 9.17) is 14.7 Å². The normalized spacial score (nSPS) is 34.6. The lowest BCUT2D eigenvalue weighted by Gasteiger charge is -2.60. The van der Waals surface area contributed by atoms with Crippen molar-refractivity contribution in [1.82, 2.24) is 9.78 Å². The number of hydrogen-bond acceptors (Lipinski definition) is 8. The van der Waals surface area contributed by atoms with E-state index in [1.54, 1.807) is 19.1 Å². The van der Waals surface area contributed by atoms with Crippen LogP contribution < -0.4 is 0 Å². The largest absolute Gasteiger partial charge is 0.509 e. The van der Waals surface area contributed by atoms with Crippen molar-refractivity contribution in [3.8, 4) is 11.8 Å². The minimum Gasteiger partial charge on any atom is -0.435 e. The number of allylic oxidation sites excluding steroid dienone is 1. The van der Waals surface area contributed by atoms with Crippen LogP contribution in [0.5, 0.6) is 0 Å². The Balaban J connectivity index is 1.34. The highest BCUT2D eigenvalue weighted by Gasteiger charge is 2.71. The van der Waals surface area contributed by atoms with Crippen molar-refractivity contribution in [2.75, 3.05) is 12.4 Å². The molecule has 8 nitrogen and oxygen atoms in total. The zero-order chi connectivity index (χ0) is 29.9. The number of carbonyl (C=O) groups excluding carboxylic acids is 2. The van der Waals surface area contributed by atoms with E-state index in [2.05, 4.69) is 18.1 Å². The van der Waals surface area contributed by atoms with Gasteiger partial charge in [0.25, 0.3) is 0 Å². The SMILES string of the molecule is CCOC(=O)O[C@]1(C(=O)SCC#N)CC[C@H]2[C@@H]3CCC4=Cc5c(cnn5-c5ccc(F)cc5)C[C@]4(C)[C@H]3[C@@H](O)C[C@@]21C. The second-order valence-corrected chi connectivity index (χ2v) is 13.6. The Morgan fingerprint density at radius 1 is 1.26 bits per heavy atom. The molecule has 42 heavy (non-hydrogen) atoms. The predicted octanol–water partition coefficient (Wildman–Crippen LogP) is 5.86. The quantitative estimate of drug-likeness (QED) is 0.429. The molecule has 0 amide bonds. The fourth-order valence-corrected chi connectivity index (χ4v) is 9.81. The van der Waals surface area contributed by atoms with Gasteiger partial charge in [-0.15, -0.1) is 0 Å². The maximum atomic E-state index is 13.7. The third kappa shape index (κ3) is 4.22. The lowest BCUT2D eigenvalue weighted by Crippen LogP contribution is -2.62. The van der Waals surface area contributed by atoms with Crippen molar-refractivity contribution in [2.45, 2.75) is 71.0 Å². The fourth-order valence-electron chi connectivity index (χ4n) is 9.01. The van der Waals surface area contributed by atoms with E-state index in [1.165, 1.54) is 17.7 Å². The molecule has 3 saturated carbocycles. The fraction of sp³-hybridized carbons (Fsp3) is 0.562.